The van der Waals surface area contributed by atoms with E-state index in [9.17, 15) is 14.5 Å². The largest absolute Gasteiger partial charge is 0.448 e. The Morgan fingerprint density at radius 2 is 2.00 bits per heavy atom. The van der Waals surface area contributed by atoms with Gasteiger partial charge in [-0.1, -0.05) is 18.2 Å². The average molecular weight is 272 g/mol. The monoisotopic (exact) mass is 272 g/mol. The van der Waals surface area contributed by atoms with Crippen molar-refractivity contribution < 1.29 is 14.1 Å². The first-order valence-electron chi connectivity index (χ1n) is 5.65. The minimum Gasteiger partial charge on any atom is -0.448 e. The van der Waals surface area contributed by atoms with Gasteiger partial charge < -0.3 is 4.74 Å². The molecule has 100 valence electrons. The van der Waals surface area contributed by atoms with Crippen LogP contribution in [0.3, 0.4) is 0 Å². The van der Waals surface area contributed by atoms with Crippen molar-refractivity contribution in [3.8, 4) is 17.6 Å². The van der Waals surface area contributed by atoms with Gasteiger partial charge in [-0.2, -0.15) is 5.26 Å². The molecular formula is C14H9FN2O3. The van der Waals surface area contributed by atoms with E-state index in [1.54, 1.807) is 19.1 Å². The van der Waals surface area contributed by atoms with E-state index in [1.807, 2.05) is 0 Å². The number of benzene rings is 2. The van der Waals surface area contributed by atoms with Crippen LogP contribution in [0, 0.1) is 34.2 Å². The predicted octanol–water partition coefficient (Wildman–Crippen LogP) is 3.71. The Balaban J connectivity index is 2.54. The number of nitro groups is 1. The van der Waals surface area contributed by atoms with Crippen molar-refractivity contribution in [2.45, 2.75) is 6.92 Å². The van der Waals surface area contributed by atoms with Gasteiger partial charge in [-0.15, -0.1) is 0 Å². The third-order valence-corrected chi connectivity index (χ3v) is 2.69. The Kier molecular flexibility index (Phi) is 3.62. The molecule has 0 saturated heterocycles. The Hall–Kier alpha value is -2.94. The highest BCUT2D eigenvalue weighted by Crippen LogP contribution is 2.35. The third-order valence-electron chi connectivity index (χ3n) is 2.69. The van der Waals surface area contributed by atoms with Gasteiger partial charge in [0.05, 0.1) is 4.92 Å². The second kappa shape index (κ2) is 5.36. The summed E-state index contributed by atoms with van der Waals surface area (Å²) in [6.45, 7) is 1.63. The highest BCUT2D eigenvalue weighted by molar-refractivity contribution is 5.55. The number of para-hydroxylation sites is 1. The van der Waals surface area contributed by atoms with Crippen LogP contribution in [0.1, 0.15) is 11.1 Å². The minimum atomic E-state index is -0.735. The lowest BCUT2D eigenvalue weighted by Gasteiger charge is -2.10. The molecule has 0 aliphatic heterocycles. The molecule has 0 unspecified atom stereocenters. The summed E-state index contributed by atoms with van der Waals surface area (Å²) in [6.07, 6.45) is 0. The van der Waals surface area contributed by atoms with Gasteiger partial charge in [-0.3, -0.25) is 10.1 Å². The third kappa shape index (κ3) is 2.42. The number of nitrogens with zero attached hydrogens (tertiary/aromatic N) is 2. The highest BCUT2D eigenvalue weighted by Gasteiger charge is 2.19. The molecule has 0 radical (unpaired) electrons. The molecule has 5 nitrogen and oxygen atoms in total. The van der Waals surface area contributed by atoms with Crippen molar-refractivity contribution >= 4 is 5.69 Å². The van der Waals surface area contributed by atoms with Crippen molar-refractivity contribution in [3.05, 3.63) is 63.5 Å². The molecule has 0 heterocycles. The molecule has 2 aromatic rings. The summed E-state index contributed by atoms with van der Waals surface area (Å²) in [6, 6.07) is 10.0. The van der Waals surface area contributed by atoms with E-state index >= 15 is 0 Å². The van der Waals surface area contributed by atoms with Crippen LogP contribution in [0.15, 0.2) is 36.4 Å². The number of hydrogen-bond acceptors (Lipinski definition) is 4. The Bertz CT molecular complexity index is 723. The molecule has 0 aromatic heterocycles. The van der Waals surface area contributed by atoms with Gasteiger partial charge in [0.25, 0.3) is 0 Å². The molecule has 2 aromatic carbocycles. The summed E-state index contributed by atoms with van der Waals surface area (Å²) in [5.74, 6) is -0.786. The highest BCUT2D eigenvalue weighted by atomic mass is 19.1. The summed E-state index contributed by atoms with van der Waals surface area (Å²) >= 11 is 0. The van der Waals surface area contributed by atoms with Crippen molar-refractivity contribution in [2.75, 3.05) is 0 Å². The van der Waals surface area contributed by atoms with E-state index in [2.05, 4.69) is 0 Å². The number of ether oxygens (including phenoxy) is 1. The molecule has 20 heavy (non-hydrogen) atoms. The molecule has 0 amide bonds. The molecular weight excluding hydrogens is 263 g/mol. The van der Waals surface area contributed by atoms with E-state index < -0.39 is 10.7 Å². The zero-order valence-corrected chi connectivity index (χ0v) is 10.5. The number of rotatable bonds is 3. The van der Waals surface area contributed by atoms with Crippen LogP contribution in [0.2, 0.25) is 0 Å². The van der Waals surface area contributed by atoms with Crippen LogP contribution < -0.4 is 4.74 Å². The van der Waals surface area contributed by atoms with E-state index in [1.165, 1.54) is 24.3 Å². The number of halogens is 1. The molecule has 0 bridgehead atoms. The first-order valence-corrected chi connectivity index (χ1v) is 5.65. The summed E-state index contributed by atoms with van der Waals surface area (Å²) in [4.78, 5) is 10.4. The molecule has 0 atom stereocenters. The lowest BCUT2D eigenvalue weighted by Crippen LogP contribution is -1.97. The predicted molar refractivity (Wildman–Crippen MR) is 69.0 cm³/mol. The number of hydrogen-bond donors (Lipinski definition) is 0. The molecule has 0 N–H and O–H groups in total. The summed E-state index contributed by atoms with van der Waals surface area (Å²) in [7, 11) is 0. The first kappa shape index (κ1) is 13.5. The van der Waals surface area contributed by atoms with Crippen LogP contribution >= 0.6 is 0 Å². The van der Waals surface area contributed by atoms with Crippen LogP contribution in [-0.4, -0.2) is 4.92 Å². The van der Waals surface area contributed by atoms with E-state index in [4.69, 9.17) is 10.00 Å². The van der Waals surface area contributed by atoms with Crippen molar-refractivity contribution in [1.29, 1.82) is 5.26 Å². The number of nitriles is 1. The SMILES string of the molecule is Cc1cccc([N+](=O)[O-])c1Oc1cccc(F)c1C#N. The summed E-state index contributed by atoms with van der Waals surface area (Å²) < 4.78 is 18.9. The van der Waals surface area contributed by atoms with Gasteiger partial charge in [-0.05, 0) is 24.6 Å². The molecule has 2 rings (SSSR count). The maximum atomic E-state index is 13.5. The maximum absolute atomic E-state index is 13.5. The van der Waals surface area contributed by atoms with Gasteiger partial charge in [0.2, 0.25) is 5.75 Å². The average Bonchev–Trinajstić information content (AvgIpc) is 2.41. The summed E-state index contributed by atoms with van der Waals surface area (Å²) in [5.41, 5.74) is -0.00412. The van der Waals surface area contributed by atoms with E-state index in [0.717, 1.165) is 6.07 Å². The number of aryl methyl sites for hydroxylation is 1. The second-order valence-electron chi connectivity index (χ2n) is 4.01. The first-order chi connectivity index (χ1) is 9.54. The fourth-order valence-electron chi connectivity index (χ4n) is 1.72. The Morgan fingerprint density at radius 3 is 2.65 bits per heavy atom. The van der Waals surface area contributed by atoms with E-state index in [-0.39, 0.29) is 22.7 Å². The fourth-order valence-corrected chi connectivity index (χ4v) is 1.72. The van der Waals surface area contributed by atoms with Gasteiger partial charge in [0.15, 0.2) is 0 Å². The Morgan fingerprint density at radius 1 is 1.30 bits per heavy atom. The smallest absolute Gasteiger partial charge is 0.311 e. The standard InChI is InChI=1S/C14H9FN2O3/c1-9-4-2-6-12(17(18)19)14(9)20-13-7-3-5-11(15)10(13)8-16/h2-7H,1H3. The lowest BCUT2D eigenvalue weighted by atomic mass is 10.1. The van der Waals surface area contributed by atoms with Gasteiger partial charge in [0, 0.05) is 6.07 Å². The molecule has 0 saturated carbocycles. The Labute approximate surface area is 114 Å². The zero-order chi connectivity index (χ0) is 14.7. The maximum Gasteiger partial charge on any atom is 0.311 e. The zero-order valence-electron chi connectivity index (χ0n) is 10.5. The molecule has 0 fully saturated rings. The van der Waals surface area contributed by atoms with Crippen LogP contribution in [-0.2, 0) is 0 Å². The normalized spacial score (nSPS) is 9.85. The number of nitro benzene ring substituents is 1. The van der Waals surface area contributed by atoms with Crippen LogP contribution in [0.4, 0.5) is 10.1 Å². The van der Waals surface area contributed by atoms with Gasteiger partial charge in [-0.25, -0.2) is 4.39 Å². The van der Waals surface area contributed by atoms with Crippen LogP contribution in [0.5, 0.6) is 11.5 Å². The van der Waals surface area contributed by atoms with Crippen molar-refractivity contribution in [1.82, 2.24) is 0 Å². The fraction of sp³-hybridized carbons (Fsp3) is 0.0714. The van der Waals surface area contributed by atoms with E-state index in [0.29, 0.717) is 5.56 Å². The van der Waals surface area contributed by atoms with Crippen LogP contribution in [0.25, 0.3) is 0 Å². The summed E-state index contributed by atoms with van der Waals surface area (Å²) in [5, 5.41) is 19.9. The lowest BCUT2D eigenvalue weighted by molar-refractivity contribution is -0.385. The molecule has 0 spiro atoms. The topological polar surface area (TPSA) is 76.2 Å². The minimum absolute atomic E-state index is 0.000370. The van der Waals surface area contributed by atoms with Crippen molar-refractivity contribution in [3.63, 3.8) is 0 Å². The molecule has 0 aliphatic rings. The molecule has 6 heteroatoms. The van der Waals surface area contributed by atoms with Crippen molar-refractivity contribution in [2.24, 2.45) is 0 Å². The molecule has 0 aliphatic carbocycles. The second-order valence-corrected chi connectivity index (χ2v) is 4.01. The van der Waals surface area contributed by atoms with Gasteiger partial charge >= 0.3 is 5.69 Å². The quantitative estimate of drug-likeness (QED) is 0.630. The van der Waals surface area contributed by atoms with Gasteiger partial charge in [0.1, 0.15) is 23.2 Å².